The van der Waals surface area contributed by atoms with E-state index in [4.69, 9.17) is 0 Å². The number of sulfone groups is 1. The largest absolute Gasteiger partial charge is 0.322 e. The molecule has 0 aliphatic heterocycles. The summed E-state index contributed by atoms with van der Waals surface area (Å²) in [6, 6.07) is 9.83. The average Bonchev–Trinajstić information content (AvgIpc) is 2.53. The number of carbonyl (C=O) groups excluding carboxylic acids is 1. The van der Waals surface area contributed by atoms with E-state index in [9.17, 15) is 21.6 Å². The number of hydrogen-bond acceptors (Lipinski definition) is 5. The van der Waals surface area contributed by atoms with Crippen LogP contribution in [0.5, 0.6) is 0 Å². The molecule has 0 heterocycles. The first kappa shape index (κ1) is 21.1. The SMILES string of the molecule is Cc1ccc(S(C)(=O)=O)cc1C(=O)Nc1ccc(S(=O)(=O)NC(C)C)cc1. The molecule has 27 heavy (non-hydrogen) atoms. The van der Waals surface area contributed by atoms with Crippen LogP contribution in [0.15, 0.2) is 52.3 Å². The van der Waals surface area contributed by atoms with Gasteiger partial charge in [0.1, 0.15) is 0 Å². The van der Waals surface area contributed by atoms with E-state index in [2.05, 4.69) is 10.0 Å². The number of rotatable bonds is 6. The van der Waals surface area contributed by atoms with Crippen LogP contribution in [0.1, 0.15) is 29.8 Å². The molecule has 2 rings (SSSR count). The van der Waals surface area contributed by atoms with Crippen LogP contribution in [-0.4, -0.2) is 35.0 Å². The Bertz CT molecular complexity index is 1060. The molecule has 0 aliphatic carbocycles. The Morgan fingerprint density at radius 3 is 2.00 bits per heavy atom. The summed E-state index contributed by atoms with van der Waals surface area (Å²) in [6.07, 6.45) is 1.07. The van der Waals surface area contributed by atoms with Gasteiger partial charge in [-0.15, -0.1) is 0 Å². The number of hydrogen-bond donors (Lipinski definition) is 2. The fourth-order valence-electron chi connectivity index (χ4n) is 2.37. The van der Waals surface area contributed by atoms with Gasteiger partial charge < -0.3 is 5.32 Å². The molecule has 0 radical (unpaired) electrons. The molecule has 2 aromatic rings. The monoisotopic (exact) mass is 410 g/mol. The molecule has 0 saturated heterocycles. The van der Waals surface area contributed by atoms with Gasteiger partial charge in [0.05, 0.1) is 9.79 Å². The Labute approximate surface area is 159 Å². The zero-order valence-corrected chi connectivity index (χ0v) is 17.1. The molecule has 2 aromatic carbocycles. The number of aryl methyl sites for hydroxylation is 1. The molecule has 2 N–H and O–H groups in total. The summed E-state index contributed by atoms with van der Waals surface area (Å²) in [6.45, 7) is 5.15. The molecule has 146 valence electrons. The second kappa shape index (κ2) is 7.79. The first-order valence-corrected chi connectivity index (χ1v) is 11.5. The molecule has 0 bridgehead atoms. The number of anilines is 1. The van der Waals surface area contributed by atoms with Crippen molar-refractivity contribution in [3.63, 3.8) is 0 Å². The molecule has 0 unspecified atom stereocenters. The van der Waals surface area contributed by atoms with Crippen LogP contribution in [0, 0.1) is 6.92 Å². The van der Waals surface area contributed by atoms with E-state index in [0.29, 0.717) is 11.3 Å². The lowest BCUT2D eigenvalue weighted by molar-refractivity contribution is 0.102. The fourth-order valence-corrected chi connectivity index (χ4v) is 4.27. The summed E-state index contributed by atoms with van der Waals surface area (Å²) >= 11 is 0. The number of benzene rings is 2. The Balaban J connectivity index is 2.24. The van der Waals surface area contributed by atoms with Crippen LogP contribution in [-0.2, 0) is 19.9 Å². The van der Waals surface area contributed by atoms with Gasteiger partial charge >= 0.3 is 0 Å². The van der Waals surface area contributed by atoms with Gasteiger partial charge in [-0.1, -0.05) is 6.07 Å². The van der Waals surface area contributed by atoms with Crippen LogP contribution < -0.4 is 10.0 Å². The van der Waals surface area contributed by atoms with E-state index in [1.165, 1.54) is 36.4 Å². The maximum atomic E-state index is 12.5. The zero-order chi connectivity index (χ0) is 20.4. The molecule has 0 aromatic heterocycles. The number of nitrogens with one attached hydrogen (secondary N) is 2. The Morgan fingerprint density at radius 2 is 1.48 bits per heavy atom. The lowest BCUT2D eigenvalue weighted by Gasteiger charge is -2.11. The second-order valence-electron chi connectivity index (χ2n) is 6.50. The minimum Gasteiger partial charge on any atom is -0.322 e. The van der Waals surface area contributed by atoms with Gasteiger partial charge in [-0.25, -0.2) is 21.6 Å². The van der Waals surface area contributed by atoms with Crippen molar-refractivity contribution in [2.24, 2.45) is 0 Å². The van der Waals surface area contributed by atoms with E-state index in [1.807, 2.05) is 0 Å². The van der Waals surface area contributed by atoms with Crippen LogP contribution in [0.3, 0.4) is 0 Å². The quantitative estimate of drug-likeness (QED) is 0.760. The number of sulfonamides is 1. The van der Waals surface area contributed by atoms with E-state index >= 15 is 0 Å². The topological polar surface area (TPSA) is 109 Å². The van der Waals surface area contributed by atoms with Gasteiger partial charge in [-0.3, -0.25) is 4.79 Å². The van der Waals surface area contributed by atoms with Gasteiger partial charge in [0.25, 0.3) is 5.91 Å². The molecule has 0 atom stereocenters. The van der Waals surface area contributed by atoms with Crippen molar-refractivity contribution in [3.05, 3.63) is 53.6 Å². The Morgan fingerprint density at radius 1 is 0.926 bits per heavy atom. The van der Waals surface area contributed by atoms with Crippen molar-refractivity contribution in [1.29, 1.82) is 0 Å². The van der Waals surface area contributed by atoms with E-state index in [1.54, 1.807) is 26.8 Å². The summed E-state index contributed by atoms with van der Waals surface area (Å²) in [4.78, 5) is 12.6. The van der Waals surface area contributed by atoms with Crippen LogP contribution in [0.2, 0.25) is 0 Å². The predicted octanol–water partition coefficient (Wildman–Crippen LogP) is 2.34. The average molecular weight is 411 g/mol. The molecule has 0 spiro atoms. The maximum absolute atomic E-state index is 12.5. The van der Waals surface area contributed by atoms with Crippen molar-refractivity contribution >= 4 is 31.5 Å². The highest BCUT2D eigenvalue weighted by molar-refractivity contribution is 7.90. The molecule has 9 heteroatoms. The highest BCUT2D eigenvalue weighted by Crippen LogP contribution is 2.19. The van der Waals surface area contributed by atoms with Crippen molar-refractivity contribution in [2.45, 2.75) is 36.6 Å². The van der Waals surface area contributed by atoms with Crippen molar-refractivity contribution in [1.82, 2.24) is 4.72 Å². The molecule has 7 nitrogen and oxygen atoms in total. The summed E-state index contributed by atoms with van der Waals surface area (Å²) in [7, 11) is -7.05. The zero-order valence-electron chi connectivity index (χ0n) is 15.5. The van der Waals surface area contributed by atoms with Crippen LogP contribution in [0.25, 0.3) is 0 Å². The van der Waals surface area contributed by atoms with E-state index in [0.717, 1.165) is 6.26 Å². The fraction of sp³-hybridized carbons (Fsp3) is 0.278. The van der Waals surface area contributed by atoms with Crippen LogP contribution >= 0.6 is 0 Å². The first-order valence-electron chi connectivity index (χ1n) is 8.14. The lowest BCUT2D eigenvalue weighted by Crippen LogP contribution is -2.30. The highest BCUT2D eigenvalue weighted by atomic mass is 32.2. The number of carbonyl (C=O) groups is 1. The van der Waals surface area contributed by atoms with E-state index in [-0.39, 0.29) is 21.4 Å². The second-order valence-corrected chi connectivity index (χ2v) is 10.2. The smallest absolute Gasteiger partial charge is 0.255 e. The molecule has 0 aliphatic rings. The molecular formula is C18H22N2O5S2. The molecule has 0 saturated carbocycles. The normalized spacial score (nSPS) is 12.2. The van der Waals surface area contributed by atoms with Gasteiger partial charge in [-0.05, 0) is 62.7 Å². The number of amides is 1. The highest BCUT2D eigenvalue weighted by Gasteiger charge is 2.17. The predicted molar refractivity (Wildman–Crippen MR) is 104 cm³/mol. The van der Waals surface area contributed by atoms with Crippen molar-refractivity contribution < 1.29 is 21.6 Å². The molecule has 0 fully saturated rings. The minimum atomic E-state index is -3.62. The summed E-state index contributed by atoms with van der Waals surface area (Å²) < 4.78 is 50.1. The Hall–Kier alpha value is -2.23. The van der Waals surface area contributed by atoms with Crippen molar-refractivity contribution in [2.75, 3.05) is 11.6 Å². The van der Waals surface area contributed by atoms with Crippen molar-refractivity contribution in [3.8, 4) is 0 Å². The standard InChI is InChI=1S/C18H22N2O5S2/c1-12(2)20-27(24,25)15-9-6-14(7-10-15)19-18(21)17-11-16(26(4,22)23)8-5-13(17)3/h5-12,20H,1-4H3,(H,19,21). The van der Waals surface area contributed by atoms with Gasteiger partial charge in [0, 0.05) is 23.5 Å². The first-order chi connectivity index (χ1) is 12.4. The lowest BCUT2D eigenvalue weighted by atomic mass is 10.1. The summed E-state index contributed by atoms with van der Waals surface area (Å²) in [5, 5.41) is 2.65. The minimum absolute atomic E-state index is 0.0550. The Kier molecular flexibility index (Phi) is 6.08. The summed E-state index contributed by atoms with van der Waals surface area (Å²) in [5.74, 6) is -0.478. The van der Waals surface area contributed by atoms with E-state index < -0.39 is 25.8 Å². The summed E-state index contributed by atoms with van der Waals surface area (Å²) in [5.41, 5.74) is 1.25. The van der Waals surface area contributed by atoms with Gasteiger partial charge in [0.2, 0.25) is 10.0 Å². The van der Waals surface area contributed by atoms with Crippen LogP contribution in [0.4, 0.5) is 5.69 Å². The van der Waals surface area contributed by atoms with Gasteiger partial charge in [0.15, 0.2) is 9.84 Å². The maximum Gasteiger partial charge on any atom is 0.255 e. The molecular weight excluding hydrogens is 388 g/mol. The third-order valence-electron chi connectivity index (χ3n) is 3.70. The van der Waals surface area contributed by atoms with Gasteiger partial charge in [-0.2, -0.15) is 0 Å². The third-order valence-corrected chi connectivity index (χ3v) is 6.48. The molecule has 1 amide bonds. The third kappa shape index (κ3) is 5.38.